The second kappa shape index (κ2) is 5.41. The van der Waals surface area contributed by atoms with Crippen LogP contribution in [0.2, 0.25) is 0 Å². The molecule has 1 aliphatic carbocycles. The van der Waals surface area contributed by atoms with Gasteiger partial charge < -0.3 is 14.6 Å². The van der Waals surface area contributed by atoms with Gasteiger partial charge in [-0.25, -0.2) is 0 Å². The van der Waals surface area contributed by atoms with Crippen molar-refractivity contribution in [3.63, 3.8) is 0 Å². The van der Waals surface area contributed by atoms with E-state index in [0.717, 1.165) is 29.9 Å². The van der Waals surface area contributed by atoms with Crippen LogP contribution in [-0.2, 0) is 19.4 Å². The van der Waals surface area contributed by atoms with Crippen LogP contribution in [0.15, 0.2) is 24.3 Å². The first-order valence-corrected chi connectivity index (χ1v) is 7.17. The van der Waals surface area contributed by atoms with Crippen molar-refractivity contribution >= 4 is 0 Å². The maximum atomic E-state index is 9.54. The van der Waals surface area contributed by atoms with Crippen molar-refractivity contribution in [2.24, 2.45) is 0 Å². The minimum absolute atomic E-state index is 0.0130. The summed E-state index contributed by atoms with van der Waals surface area (Å²) in [6, 6.07) is 8.25. The molecule has 0 saturated carbocycles. The number of methoxy groups -OCH3 is 2. The maximum Gasteiger partial charge on any atom is 0.124 e. The summed E-state index contributed by atoms with van der Waals surface area (Å²) in [5.74, 6) is 1.71. The summed E-state index contributed by atoms with van der Waals surface area (Å²) >= 11 is 0. The molecule has 110 valence electrons. The van der Waals surface area contributed by atoms with Gasteiger partial charge in [0.05, 0.1) is 20.8 Å². The maximum absolute atomic E-state index is 9.54. The molecule has 0 saturated heterocycles. The molecule has 1 N–H and O–H groups in total. The number of hydrogen-bond donors (Lipinski definition) is 1. The lowest BCUT2D eigenvalue weighted by Gasteiger charge is -2.24. The Morgan fingerprint density at radius 2 is 1.76 bits per heavy atom. The van der Waals surface area contributed by atoms with E-state index in [1.54, 1.807) is 14.2 Å². The zero-order valence-electron chi connectivity index (χ0n) is 12.7. The number of hydrogen-bond acceptors (Lipinski definition) is 3. The first-order chi connectivity index (χ1) is 10.2. The number of fused-ring (bicyclic) bond motifs is 3. The van der Waals surface area contributed by atoms with E-state index in [1.165, 1.54) is 27.8 Å². The van der Waals surface area contributed by atoms with Crippen LogP contribution in [0.1, 0.15) is 22.3 Å². The van der Waals surface area contributed by atoms with E-state index < -0.39 is 0 Å². The Kier molecular flexibility index (Phi) is 3.60. The van der Waals surface area contributed by atoms with Gasteiger partial charge in [-0.15, -0.1) is 0 Å². The lowest BCUT2D eigenvalue weighted by molar-refractivity contribution is 0.274. The van der Waals surface area contributed by atoms with Crippen LogP contribution in [0.3, 0.4) is 0 Å². The zero-order chi connectivity index (χ0) is 15.0. The molecule has 0 bridgehead atoms. The van der Waals surface area contributed by atoms with Crippen LogP contribution < -0.4 is 9.47 Å². The first kappa shape index (κ1) is 14.0. The monoisotopic (exact) mass is 284 g/mol. The summed E-state index contributed by atoms with van der Waals surface area (Å²) in [5.41, 5.74) is 7.11. The Morgan fingerprint density at radius 1 is 1.00 bits per heavy atom. The molecular weight excluding hydrogens is 264 g/mol. The van der Waals surface area contributed by atoms with Crippen molar-refractivity contribution in [2.75, 3.05) is 14.2 Å². The molecule has 0 spiro atoms. The fraction of sp³-hybridized carbons (Fsp3) is 0.333. The van der Waals surface area contributed by atoms with E-state index in [4.69, 9.17) is 9.47 Å². The Morgan fingerprint density at radius 3 is 2.43 bits per heavy atom. The molecule has 0 unspecified atom stereocenters. The van der Waals surface area contributed by atoms with E-state index in [1.807, 2.05) is 6.07 Å². The van der Waals surface area contributed by atoms with Crippen LogP contribution in [-0.4, -0.2) is 19.3 Å². The van der Waals surface area contributed by atoms with Gasteiger partial charge in [0, 0.05) is 5.56 Å². The minimum atomic E-state index is -0.0130. The summed E-state index contributed by atoms with van der Waals surface area (Å²) in [4.78, 5) is 0. The van der Waals surface area contributed by atoms with Crippen LogP contribution in [0.25, 0.3) is 11.1 Å². The normalized spacial score (nSPS) is 12.6. The molecule has 0 aromatic heterocycles. The van der Waals surface area contributed by atoms with E-state index in [-0.39, 0.29) is 6.61 Å². The summed E-state index contributed by atoms with van der Waals surface area (Å²) in [6.07, 6.45) is 1.99. The van der Waals surface area contributed by atoms with Gasteiger partial charge in [-0.05, 0) is 65.8 Å². The van der Waals surface area contributed by atoms with Crippen LogP contribution in [0, 0.1) is 6.92 Å². The zero-order valence-corrected chi connectivity index (χ0v) is 12.7. The highest BCUT2D eigenvalue weighted by Crippen LogP contribution is 2.40. The second-order valence-corrected chi connectivity index (χ2v) is 5.40. The van der Waals surface area contributed by atoms with Gasteiger partial charge in [0.25, 0.3) is 0 Å². The summed E-state index contributed by atoms with van der Waals surface area (Å²) in [5, 5.41) is 9.54. The SMILES string of the molecule is COc1cc2c(cc1CO)-c1ccc(OC)c(C)c1CC2. The average molecular weight is 284 g/mol. The van der Waals surface area contributed by atoms with Gasteiger partial charge in [-0.1, -0.05) is 6.07 Å². The van der Waals surface area contributed by atoms with Crippen LogP contribution in [0.4, 0.5) is 0 Å². The number of rotatable bonds is 3. The quantitative estimate of drug-likeness (QED) is 0.940. The topological polar surface area (TPSA) is 38.7 Å². The molecule has 3 rings (SSSR count). The highest BCUT2D eigenvalue weighted by atomic mass is 16.5. The Balaban J connectivity index is 2.21. The number of benzene rings is 2. The summed E-state index contributed by atoms with van der Waals surface area (Å²) < 4.78 is 10.8. The molecular formula is C18H20O3. The Hall–Kier alpha value is -2.00. The fourth-order valence-electron chi connectivity index (χ4n) is 3.23. The molecule has 0 heterocycles. The van der Waals surface area contributed by atoms with Crippen molar-refractivity contribution in [1.29, 1.82) is 0 Å². The summed E-state index contributed by atoms with van der Waals surface area (Å²) in [7, 11) is 3.35. The number of aliphatic hydroxyl groups excluding tert-OH is 1. The predicted octanol–water partition coefficient (Wildman–Crippen LogP) is 3.27. The van der Waals surface area contributed by atoms with Crippen molar-refractivity contribution in [1.82, 2.24) is 0 Å². The molecule has 0 fully saturated rings. The molecule has 2 aromatic carbocycles. The molecule has 3 nitrogen and oxygen atoms in total. The number of aryl methyl sites for hydroxylation is 1. The van der Waals surface area contributed by atoms with E-state index in [2.05, 4.69) is 25.1 Å². The second-order valence-electron chi connectivity index (χ2n) is 5.40. The Labute approximate surface area is 125 Å². The average Bonchev–Trinajstić information content (AvgIpc) is 2.53. The fourth-order valence-corrected chi connectivity index (χ4v) is 3.23. The largest absolute Gasteiger partial charge is 0.496 e. The summed E-state index contributed by atoms with van der Waals surface area (Å²) in [6.45, 7) is 2.10. The standard InChI is InChI=1S/C18H20O3/c1-11-14-5-4-12-9-18(21-3)13(10-19)8-16(12)15(14)6-7-17(11)20-2/h6-9,19H,4-5,10H2,1-3H3. The van der Waals surface area contributed by atoms with E-state index in [0.29, 0.717) is 0 Å². The number of ether oxygens (including phenoxy) is 2. The molecule has 1 aliphatic rings. The molecule has 0 aliphatic heterocycles. The number of aliphatic hydroxyl groups is 1. The van der Waals surface area contributed by atoms with Gasteiger partial charge in [0.1, 0.15) is 11.5 Å². The van der Waals surface area contributed by atoms with Crippen molar-refractivity contribution in [3.05, 3.63) is 46.5 Å². The van der Waals surface area contributed by atoms with Gasteiger partial charge in [0.15, 0.2) is 0 Å². The van der Waals surface area contributed by atoms with E-state index >= 15 is 0 Å². The van der Waals surface area contributed by atoms with Crippen molar-refractivity contribution < 1.29 is 14.6 Å². The van der Waals surface area contributed by atoms with Crippen molar-refractivity contribution in [3.8, 4) is 22.6 Å². The van der Waals surface area contributed by atoms with Gasteiger partial charge in [-0.2, -0.15) is 0 Å². The van der Waals surface area contributed by atoms with Gasteiger partial charge in [0.2, 0.25) is 0 Å². The molecule has 0 atom stereocenters. The predicted molar refractivity (Wildman–Crippen MR) is 83.0 cm³/mol. The highest BCUT2D eigenvalue weighted by molar-refractivity contribution is 5.77. The van der Waals surface area contributed by atoms with Crippen molar-refractivity contribution in [2.45, 2.75) is 26.4 Å². The third-order valence-corrected chi connectivity index (χ3v) is 4.38. The molecule has 2 aromatic rings. The third kappa shape index (κ3) is 2.18. The van der Waals surface area contributed by atoms with Gasteiger partial charge in [-0.3, -0.25) is 0 Å². The van der Waals surface area contributed by atoms with E-state index in [9.17, 15) is 5.11 Å². The molecule has 3 heteroatoms. The van der Waals surface area contributed by atoms with Crippen LogP contribution >= 0.6 is 0 Å². The highest BCUT2D eigenvalue weighted by Gasteiger charge is 2.21. The van der Waals surface area contributed by atoms with Gasteiger partial charge >= 0.3 is 0 Å². The van der Waals surface area contributed by atoms with Crippen LogP contribution in [0.5, 0.6) is 11.5 Å². The smallest absolute Gasteiger partial charge is 0.124 e. The molecule has 0 amide bonds. The molecule has 21 heavy (non-hydrogen) atoms. The lowest BCUT2D eigenvalue weighted by Crippen LogP contribution is -2.08. The third-order valence-electron chi connectivity index (χ3n) is 4.38. The Bertz CT molecular complexity index is 689. The first-order valence-electron chi connectivity index (χ1n) is 7.17. The lowest BCUT2D eigenvalue weighted by atomic mass is 9.82. The minimum Gasteiger partial charge on any atom is -0.496 e. The molecule has 0 radical (unpaired) electrons.